The molecule has 5 rings (SSSR count). The minimum Gasteiger partial charge on any atom is -0.444 e. The highest BCUT2D eigenvalue weighted by molar-refractivity contribution is 7.13. The van der Waals surface area contributed by atoms with Crippen LogP contribution in [0.3, 0.4) is 0 Å². The predicted octanol–water partition coefficient (Wildman–Crippen LogP) is 0.787. The van der Waals surface area contributed by atoms with Crippen LogP contribution in [0.5, 0.6) is 6.01 Å². The molecule has 14 heteroatoms. The molecule has 0 aliphatic carbocycles. The van der Waals surface area contributed by atoms with E-state index >= 15 is 0 Å². The van der Waals surface area contributed by atoms with Crippen LogP contribution in [0.2, 0.25) is 0 Å². The smallest absolute Gasteiger partial charge is 0.414 e. The van der Waals surface area contributed by atoms with Crippen molar-refractivity contribution < 1.29 is 9.66 Å². The molecule has 1 N–H and O–H groups in total. The zero-order chi connectivity index (χ0) is 22.8. The Kier molecular flexibility index (Phi) is 5.71. The molecule has 0 bridgehead atoms. The summed E-state index contributed by atoms with van der Waals surface area (Å²) in [5.74, 6) is 0.473. The van der Waals surface area contributed by atoms with Gasteiger partial charge in [0.25, 0.3) is 0 Å². The number of nitrogens with zero attached hydrogens (tertiary/aromatic N) is 9. The van der Waals surface area contributed by atoms with Crippen molar-refractivity contribution >= 4 is 28.2 Å². The van der Waals surface area contributed by atoms with E-state index in [9.17, 15) is 10.1 Å². The van der Waals surface area contributed by atoms with Gasteiger partial charge in [0.05, 0.1) is 6.04 Å². The minimum atomic E-state index is -0.528. The second-order valence-electron chi connectivity index (χ2n) is 7.67. The normalized spacial score (nSPS) is 17.8. The summed E-state index contributed by atoms with van der Waals surface area (Å²) < 4.78 is 7.17. The Morgan fingerprint density at radius 3 is 2.70 bits per heavy atom. The van der Waals surface area contributed by atoms with Gasteiger partial charge in [-0.25, -0.2) is 15.0 Å². The number of nitrogens with one attached hydrogen (secondary N) is 1. The Bertz CT molecular complexity index is 1180. The maximum Gasteiger partial charge on any atom is 0.414 e. The van der Waals surface area contributed by atoms with Crippen LogP contribution in [0.4, 0.5) is 16.9 Å². The number of imidazole rings is 1. The number of nitro groups is 1. The van der Waals surface area contributed by atoms with Gasteiger partial charge < -0.3 is 30.0 Å². The molecule has 3 aromatic rings. The predicted molar refractivity (Wildman–Crippen MR) is 118 cm³/mol. The molecule has 170 valence electrons. The lowest BCUT2D eigenvalue weighted by Gasteiger charge is -2.34. The molecule has 13 nitrogen and oxygen atoms in total. The Morgan fingerprint density at radius 2 is 2.00 bits per heavy atom. The highest BCUT2D eigenvalue weighted by atomic mass is 32.1. The van der Waals surface area contributed by atoms with Crippen LogP contribution in [0.1, 0.15) is 11.3 Å². The molecule has 0 unspecified atom stereocenters. The van der Waals surface area contributed by atoms with Gasteiger partial charge >= 0.3 is 11.8 Å². The van der Waals surface area contributed by atoms with Gasteiger partial charge in [-0.05, 0) is 4.92 Å². The summed E-state index contributed by atoms with van der Waals surface area (Å²) in [5.41, 5.74) is 1.39. The van der Waals surface area contributed by atoms with Crippen LogP contribution >= 0.6 is 11.3 Å². The van der Waals surface area contributed by atoms with Crippen molar-refractivity contribution in [3.05, 3.63) is 45.3 Å². The average Bonchev–Trinajstić information content (AvgIpc) is 3.50. The van der Waals surface area contributed by atoms with Crippen LogP contribution in [-0.4, -0.2) is 68.3 Å². The van der Waals surface area contributed by atoms with Crippen molar-refractivity contribution in [3.8, 4) is 12.1 Å². The zero-order valence-electron chi connectivity index (χ0n) is 17.5. The summed E-state index contributed by atoms with van der Waals surface area (Å²) in [7, 11) is 0. The van der Waals surface area contributed by atoms with E-state index in [1.807, 2.05) is 0 Å². The van der Waals surface area contributed by atoms with Crippen molar-refractivity contribution in [2.24, 2.45) is 0 Å². The maximum atomic E-state index is 10.9. The number of aromatic nitrogens is 5. The molecule has 1 atom stereocenters. The number of rotatable bonds is 6. The molecular formula is C19H20N10O3S. The molecule has 3 aromatic heterocycles. The molecule has 0 amide bonds. The Hall–Kier alpha value is -3.83. The molecule has 33 heavy (non-hydrogen) atoms. The number of hydrogen-bond donors (Lipinski definition) is 1. The fourth-order valence-corrected chi connectivity index (χ4v) is 4.54. The standard InChI is InChI=1S/C19H20N10O3S/c20-5-14-12-33-19(24-14)27-3-1-26(2-4-27)17-22-7-13(8-23-17)6-21-15-9-28-10-16(29(30)31)25-18(28)32-11-15/h7-8,10,12,15,21H,1-4,6,9,11H2/t15-/m0/s1. The number of nitriles is 1. The summed E-state index contributed by atoms with van der Waals surface area (Å²) >= 11 is 1.49. The van der Waals surface area contributed by atoms with Gasteiger partial charge in [-0.15, -0.1) is 11.3 Å². The zero-order valence-corrected chi connectivity index (χ0v) is 18.3. The van der Waals surface area contributed by atoms with E-state index in [0.29, 0.717) is 31.3 Å². The summed E-state index contributed by atoms with van der Waals surface area (Å²) in [6.45, 7) is 4.61. The van der Waals surface area contributed by atoms with Gasteiger partial charge in [0.15, 0.2) is 10.8 Å². The number of fused-ring (bicyclic) bond motifs is 1. The topological polar surface area (TPSA) is 151 Å². The lowest BCUT2D eigenvalue weighted by molar-refractivity contribution is -0.389. The van der Waals surface area contributed by atoms with E-state index in [1.54, 1.807) is 22.3 Å². The van der Waals surface area contributed by atoms with Crippen LogP contribution < -0.4 is 19.9 Å². The highest BCUT2D eigenvalue weighted by Gasteiger charge is 2.27. The largest absolute Gasteiger partial charge is 0.444 e. The first kappa shape index (κ1) is 21.0. The SMILES string of the molecule is N#Cc1csc(N2CCN(c3ncc(CN[C@@H]4COc5nc([N+](=O)[O-])cn5C4)cn3)CC2)n1. The van der Waals surface area contributed by atoms with Crippen molar-refractivity contribution in [1.29, 1.82) is 5.26 Å². The Morgan fingerprint density at radius 1 is 1.24 bits per heavy atom. The quantitative estimate of drug-likeness (QED) is 0.404. The molecule has 2 aliphatic rings. The average molecular weight is 469 g/mol. The van der Waals surface area contributed by atoms with Crippen LogP contribution in [0, 0.1) is 21.4 Å². The van der Waals surface area contributed by atoms with E-state index in [2.05, 4.69) is 41.1 Å². The molecule has 2 aliphatic heterocycles. The van der Waals surface area contributed by atoms with Gasteiger partial charge in [0.2, 0.25) is 5.95 Å². The molecular weight excluding hydrogens is 448 g/mol. The number of thiazole rings is 1. The number of hydrogen-bond acceptors (Lipinski definition) is 12. The van der Waals surface area contributed by atoms with E-state index in [1.165, 1.54) is 17.5 Å². The van der Waals surface area contributed by atoms with Gasteiger partial charge in [-0.1, -0.05) is 0 Å². The molecule has 0 aromatic carbocycles. The monoisotopic (exact) mass is 468 g/mol. The Balaban J connectivity index is 1.11. The van der Waals surface area contributed by atoms with E-state index < -0.39 is 4.92 Å². The third-order valence-corrected chi connectivity index (χ3v) is 6.37. The van der Waals surface area contributed by atoms with E-state index in [0.717, 1.165) is 36.9 Å². The fraction of sp³-hybridized carbons (Fsp3) is 0.421. The summed E-state index contributed by atoms with van der Waals surface area (Å²) in [6, 6.07) is 2.33. The number of anilines is 2. The molecule has 1 saturated heterocycles. The molecule has 0 radical (unpaired) electrons. The van der Waals surface area contributed by atoms with Crippen LogP contribution in [-0.2, 0) is 13.1 Å². The fourth-order valence-electron chi connectivity index (χ4n) is 3.73. The van der Waals surface area contributed by atoms with Crippen molar-refractivity contribution in [2.45, 2.75) is 19.1 Å². The summed E-state index contributed by atoms with van der Waals surface area (Å²) in [6.07, 6.45) is 5.00. The third kappa shape index (κ3) is 4.54. The van der Waals surface area contributed by atoms with Crippen molar-refractivity contribution in [3.63, 3.8) is 0 Å². The van der Waals surface area contributed by atoms with Gasteiger partial charge in [-0.3, -0.25) is 4.57 Å². The van der Waals surface area contributed by atoms with E-state index in [-0.39, 0.29) is 17.9 Å². The first-order chi connectivity index (χ1) is 16.1. The molecule has 1 fully saturated rings. The summed E-state index contributed by atoms with van der Waals surface area (Å²) in [4.78, 5) is 31.9. The van der Waals surface area contributed by atoms with Gasteiger partial charge in [0, 0.05) is 67.6 Å². The summed E-state index contributed by atoms with van der Waals surface area (Å²) in [5, 5.41) is 25.8. The second-order valence-corrected chi connectivity index (χ2v) is 8.51. The third-order valence-electron chi connectivity index (χ3n) is 5.47. The Labute approximate surface area is 192 Å². The minimum absolute atomic E-state index is 0.00790. The first-order valence-corrected chi connectivity index (χ1v) is 11.2. The van der Waals surface area contributed by atoms with E-state index in [4.69, 9.17) is 10.00 Å². The number of piperazine rings is 1. The second kappa shape index (κ2) is 8.96. The van der Waals surface area contributed by atoms with Crippen LogP contribution in [0.15, 0.2) is 24.0 Å². The van der Waals surface area contributed by atoms with Crippen molar-refractivity contribution in [1.82, 2.24) is 29.8 Å². The maximum absolute atomic E-state index is 10.9. The lowest BCUT2D eigenvalue weighted by atomic mass is 10.2. The highest BCUT2D eigenvalue weighted by Crippen LogP contribution is 2.23. The molecule has 5 heterocycles. The van der Waals surface area contributed by atoms with Crippen molar-refractivity contribution in [2.75, 3.05) is 42.6 Å². The number of ether oxygens (including phenoxy) is 1. The van der Waals surface area contributed by atoms with Gasteiger partial charge in [-0.2, -0.15) is 5.26 Å². The van der Waals surface area contributed by atoms with Crippen LogP contribution in [0.25, 0.3) is 0 Å². The lowest BCUT2D eigenvalue weighted by Crippen LogP contribution is -2.47. The first-order valence-electron chi connectivity index (χ1n) is 10.3. The van der Waals surface area contributed by atoms with Gasteiger partial charge in [0.1, 0.15) is 18.9 Å². The molecule has 0 saturated carbocycles. The molecule has 0 spiro atoms.